The van der Waals surface area contributed by atoms with Gasteiger partial charge in [-0.2, -0.15) is 0 Å². The van der Waals surface area contributed by atoms with Crippen LogP contribution in [0.25, 0.3) is 0 Å². The second-order valence-electron chi connectivity index (χ2n) is 4.42. The molecule has 0 spiro atoms. The van der Waals surface area contributed by atoms with E-state index in [1.54, 1.807) is 38.2 Å². The summed E-state index contributed by atoms with van der Waals surface area (Å²) >= 11 is 0. The number of nitro benzene ring substituents is 1. The summed E-state index contributed by atoms with van der Waals surface area (Å²) in [7, 11) is 1.56. The number of furan rings is 1. The molecule has 2 rings (SSSR count). The van der Waals surface area contributed by atoms with Gasteiger partial charge in [0, 0.05) is 7.05 Å². The van der Waals surface area contributed by atoms with Gasteiger partial charge in [0.1, 0.15) is 17.0 Å². The van der Waals surface area contributed by atoms with E-state index in [1.165, 1.54) is 12.3 Å². The molecule has 1 heterocycles. The molecule has 7 heteroatoms. The van der Waals surface area contributed by atoms with Gasteiger partial charge < -0.3 is 15.1 Å². The topological polar surface area (TPSA) is 97.4 Å². The van der Waals surface area contributed by atoms with Crippen LogP contribution in [0.3, 0.4) is 0 Å². The summed E-state index contributed by atoms with van der Waals surface area (Å²) in [6.07, 6.45) is 1.50. The van der Waals surface area contributed by atoms with Crippen LogP contribution in [-0.4, -0.2) is 17.9 Å². The third kappa shape index (κ3) is 3.02. The first-order valence-corrected chi connectivity index (χ1v) is 6.34. The number of carbonyl (C=O) groups is 1. The maximum Gasteiger partial charge on any atom is 0.305 e. The van der Waals surface area contributed by atoms with E-state index in [9.17, 15) is 14.9 Å². The van der Waals surface area contributed by atoms with Crippen molar-refractivity contribution in [1.29, 1.82) is 0 Å². The highest BCUT2D eigenvalue weighted by Crippen LogP contribution is 2.28. The third-order valence-corrected chi connectivity index (χ3v) is 3.05. The molecule has 1 aromatic heterocycles. The molecule has 1 atom stereocenters. The molecule has 1 amide bonds. The highest BCUT2D eigenvalue weighted by Gasteiger charge is 2.25. The summed E-state index contributed by atoms with van der Waals surface area (Å²) in [5.74, 6) is 0.0541. The molecule has 0 aliphatic heterocycles. The van der Waals surface area contributed by atoms with Gasteiger partial charge in [-0.3, -0.25) is 14.9 Å². The average molecular weight is 289 g/mol. The number of nitro groups is 1. The Morgan fingerprint density at radius 1 is 1.33 bits per heavy atom. The fourth-order valence-corrected chi connectivity index (χ4v) is 2.01. The van der Waals surface area contributed by atoms with Gasteiger partial charge in [0.2, 0.25) is 0 Å². The van der Waals surface area contributed by atoms with E-state index in [-0.39, 0.29) is 17.3 Å². The van der Waals surface area contributed by atoms with Gasteiger partial charge in [0.25, 0.3) is 5.91 Å². The van der Waals surface area contributed by atoms with E-state index in [0.29, 0.717) is 11.4 Å². The Morgan fingerprint density at radius 2 is 2.10 bits per heavy atom. The van der Waals surface area contributed by atoms with Crippen LogP contribution in [0, 0.1) is 10.1 Å². The number of hydrogen-bond acceptors (Lipinski definition) is 5. The maximum absolute atomic E-state index is 12.3. The van der Waals surface area contributed by atoms with E-state index in [1.807, 2.05) is 0 Å². The van der Waals surface area contributed by atoms with Crippen LogP contribution < -0.4 is 10.6 Å². The highest BCUT2D eigenvalue weighted by molar-refractivity contribution is 6.00. The van der Waals surface area contributed by atoms with Crippen molar-refractivity contribution in [3.05, 3.63) is 58.0 Å². The Morgan fingerprint density at radius 3 is 2.67 bits per heavy atom. The van der Waals surface area contributed by atoms with E-state index in [4.69, 9.17) is 4.42 Å². The molecule has 0 bridgehead atoms. The number of benzene rings is 1. The van der Waals surface area contributed by atoms with Gasteiger partial charge in [-0.05, 0) is 31.2 Å². The number of amides is 1. The fourth-order valence-electron chi connectivity index (χ4n) is 2.01. The standard InChI is InChI=1S/C14H15N3O4/c1-9(12-7-4-8-21-12)16-14(18)10-5-3-6-11(15-2)13(10)17(19)20/h3-9,15H,1-2H3,(H,16,18). The predicted molar refractivity (Wildman–Crippen MR) is 77.2 cm³/mol. The molecule has 1 unspecified atom stereocenters. The lowest BCUT2D eigenvalue weighted by molar-refractivity contribution is -0.384. The van der Waals surface area contributed by atoms with Crippen LogP contribution in [-0.2, 0) is 0 Å². The molecular weight excluding hydrogens is 274 g/mol. The van der Waals surface area contributed by atoms with Gasteiger partial charge in [0.15, 0.2) is 0 Å². The molecule has 0 aliphatic rings. The quantitative estimate of drug-likeness (QED) is 0.651. The predicted octanol–water partition coefficient (Wildman–Crippen LogP) is 2.72. The van der Waals surface area contributed by atoms with Crippen molar-refractivity contribution >= 4 is 17.3 Å². The van der Waals surface area contributed by atoms with E-state index < -0.39 is 10.8 Å². The fraction of sp³-hybridized carbons (Fsp3) is 0.214. The van der Waals surface area contributed by atoms with E-state index >= 15 is 0 Å². The van der Waals surface area contributed by atoms with Crippen molar-refractivity contribution in [2.75, 3.05) is 12.4 Å². The Kier molecular flexibility index (Phi) is 4.22. The van der Waals surface area contributed by atoms with Gasteiger partial charge in [0.05, 0.1) is 17.2 Å². The van der Waals surface area contributed by atoms with Crippen LogP contribution in [0.2, 0.25) is 0 Å². The highest BCUT2D eigenvalue weighted by atomic mass is 16.6. The molecule has 0 fully saturated rings. The van der Waals surface area contributed by atoms with Crippen molar-refractivity contribution in [3.8, 4) is 0 Å². The molecule has 0 saturated carbocycles. The molecule has 0 aliphatic carbocycles. The molecule has 0 radical (unpaired) electrons. The minimum absolute atomic E-state index is 0.00487. The Hall–Kier alpha value is -2.83. The lowest BCUT2D eigenvalue weighted by atomic mass is 10.1. The molecule has 110 valence electrons. The number of rotatable bonds is 5. The first kappa shape index (κ1) is 14.6. The molecule has 21 heavy (non-hydrogen) atoms. The monoisotopic (exact) mass is 289 g/mol. The summed E-state index contributed by atoms with van der Waals surface area (Å²) < 4.78 is 5.19. The Labute approximate surface area is 121 Å². The normalized spacial score (nSPS) is 11.7. The van der Waals surface area contributed by atoms with Crippen molar-refractivity contribution < 1.29 is 14.1 Å². The van der Waals surface area contributed by atoms with Crippen LogP contribution in [0.4, 0.5) is 11.4 Å². The van der Waals surface area contributed by atoms with Gasteiger partial charge >= 0.3 is 5.69 Å². The lowest BCUT2D eigenvalue weighted by Gasteiger charge is -2.12. The molecule has 2 N–H and O–H groups in total. The zero-order chi connectivity index (χ0) is 15.4. The van der Waals surface area contributed by atoms with Gasteiger partial charge in [-0.1, -0.05) is 6.07 Å². The van der Waals surface area contributed by atoms with Gasteiger partial charge in [-0.15, -0.1) is 0 Å². The number of hydrogen-bond donors (Lipinski definition) is 2. The van der Waals surface area contributed by atoms with Gasteiger partial charge in [-0.25, -0.2) is 0 Å². The minimum Gasteiger partial charge on any atom is -0.467 e. The number of anilines is 1. The average Bonchev–Trinajstić information content (AvgIpc) is 3.00. The van der Waals surface area contributed by atoms with Crippen molar-refractivity contribution in [2.24, 2.45) is 0 Å². The lowest BCUT2D eigenvalue weighted by Crippen LogP contribution is -2.27. The molecule has 2 aromatic rings. The van der Waals surface area contributed by atoms with Crippen LogP contribution in [0.5, 0.6) is 0 Å². The smallest absolute Gasteiger partial charge is 0.305 e. The summed E-state index contributed by atoms with van der Waals surface area (Å²) in [5.41, 5.74) is 0.0488. The second-order valence-corrected chi connectivity index (χ2v) is 4.42. The van der Waals surface area contributed by atoms with Crippen LogP contribution in [0.15, 0.2) is 41.0 Å². The summed E-state index contributed by atoms with van der Waals surface area (Å²) in [4.78, 5) is 22.9. The van der Waals surface area contributed by atoms with Crippen LogP contribution >= 0.6 is 0 Å². The summed E-state index contributed by atoms with van der Waals surface area (Å²) in [6, 6.07) is 7.61. The largest absolute Gasteiger partial charge is 0.467 e. The van der Waals surface area contributed by atoms with E-state index in [2.05, 4.69) is 10.6 Å². The van der Waals surface area contributed by atoms with Crippen molar-refractivity contribution in [1.82, 2.24) is 5.32 Å². The molecule has 7 nitrogen and oxygen atoms in total. The Bertz CT molecular complexity index is 652. The number of para-hydroxylation sites is 1. The molecule has 1 aromatic carbocycles. The number of nitrogens with zero attached hydrogens (tertiary/aromatic N) is 1. The number of nitrogens with one attached hydrogen (secondary N) is 2. The number of carbonyl (C=O) groups excluding carboxylic acids is 1. The summed E-state index contributed by atoms with van der Waals surface area (Å²) in [6.45, 7) is 1.74. The van der Waals surface area contributed by atoms with Crippen molar-refractivity contribution in [3.63, 3.8) is 0 Å². The zero-order valence-electron chi connectivity index (χ0n) is 11.6. The maximum atomic E-state index is 12.3. The van der Waals surface area contributed by atoms with Crippen LogP contribution in [0.1, 0.15) is 29.1 Å². The van der Waals surface area contributed by atoms with E-state index in [0.717, 1.165) is 0 Å². The first-order valence-electron chi connectivity index (χ1n) is 6.34. The second kappa shape index (κ2) is 6.08. The Balaban J connectivity index is 2.29. The molecule has 0 saturated heterocycles. The van der Waals surface area contributed by atoms with Crippen molar-refractivity contribution in [2.45, 2.75) is 13.0 Å². The third-order valence-electron chi connectivity index (χ3n) is 3.05. The summed E-state index contributed by atoms with van der Waals surface area (Å²) in [5, 5.41) is 16.6. The first-order chi connectivity index (χ1) is 10.0. The zero-order valence-corrected chi connectivity index (χ0v) is 11.6. The molecular formula is C14H15N3O4. The minimum atomic E-state index is -0.571. The SMILES string of the molecule is CNc1cccc(C(=O)NC(C)c2ccco2)c1[N+](=O)[O-].